The molecular formula is C44H40N4. The summed E-state index contributed by atoms with van der Waals surface area (Å²) in [5.74, 6) is 2.05. The molecule has 236 valence electrons. The maximum Gasteiger partial charge on any atom is 0.160 e. The summed E-state index contributed by atoms with van der Waals surface area (Å²) in [6.45, 7) is 0. The maximum absolute atomic E-state index is 5.26. The average Bonchev–Trinajstić information content (AvgIpc) is 3.68. The van der Waals surface area contributed by atoms with Crippen molar-refractivity contribution in [2.24, 2.45) is 0 Å². The molecule has 10 rings (SSSR count). The first-order chi connectivity index (χ1) is 23.8. The number of anilines is 4. The number of aromatic nitrogens is 2. The molecule has 4 aliphatic rings. The van der Waals surface area contributed by atoms with Gasteiger partial charge in [0.25, 0.3) is 0 Å². The first-order valence-electron chi connectivity index (χ1n) is 18.1. The zero-order valence-corrected chi connectivity index (χ0v) is 27.3. The van der Waals surface area contributed by atoms with Crippen molar-refractivity contribution in [2.45, 2.75) is 75.3 Å². The SMILES string of the molecule is c1ccc2c(c1)C1CCCCC1N2c1ccc(-c2nc(-c3ccc(N4c5ccccc5C5CCCCC54)cc3)c3ccccc3n2)cc1. The third kappa shape index (κ3) is 4.42. The van der Waals surface area contributed by atoms with Gasteiger partial charge in [0.15, 0.2) is 5.82 Å². The van der Waals surface area contributed by atoms with Crippen molar-refractivity contribution < 1.29 is 0 Å². The molecule has 0 spiro atoms. The Kier molecular flexibility index (Phi) is 6.63. The quantitative estimate of drug-likeness (QED) is 0.195. The number of hydrogen-bond acceptors (Lipinski definition) is 4. The van der Waals surface area contributed by atoms with E-state index in [9.17, 15) is 0 Å². The van der Waals surface area contributed by atoms with Gasteiger partial charge in [-0.1, -0.05) is 92.4 Å². The molecule has 4 atom stereocenters. The largest absolute Gasteiger partial charge is 0.338 e. The van der Waals surface area contributed by atoms with Crippen LogP contribution in [-0.2, 0) is 0 Å². The van der Waals surface area contributed by atoms with Crippen molar-refractivity contribution in [1.82, 2.24) is 9.97 Å². The first-order valence-corrected chi connectivity index (χ1v) is 18.1. The summed E-state index contributed by atoms with van der Waals surface area (Å²) < 4.78 is 0. The Balaban J connectivity index is 0.999. The van der Waals surface area contributed by atoms with Crippen LogP contribution in [0.2, 0.25) is 0 Å². The van der Waals surface area contributed by atoms with Crippen LogP contribution in [0.5, 0.6) is 0 Å². The summed E-state index contributed by atoms with van der Waals surface area (Å²) in [5.41, 5.74) is 12.5. The molecule has 0 radical (unpaired) electrons. The summed E-state index contributed by atoms with van der Waals surface area (Å²) in [4.78, 5) is 15.6. The van der Waals surface area contributed by atoms with Gasteiger partial charge in [-0.25, -0.2) is 9.97 Å². The van der Waals surface area contributed by atoms with Crippen LogP contribution >= 0.6 is 0 Å². The predicted octanol–water partition coefficient (Wildman–Crippen LogP) is 11.3. The van der Waals surface area contributed by atoms with E-state index in [4.69, 9.17) is 9.97 Å². The van der Waals surface area contributed by atoms with Gasteiger partial charge in [0.1, 0.15) is 0 Å². The first kappa shape index (κ1) is 28.1. The molecule has 4 nitrogen and oxygen atoms in total. The molecule has 0 bridgehead atoms. The Morgan fingerprint density at radius 3 is 1.56 bits per heavy atom. The monoisotopic (exact) mass is 624 g/mol. The van der Waals surface area contributed by atoms with E-state index in [0.717, 1.165) is 33.5 Å². The van der Waals surface area contributed by atoms with Crippen molar-refractivity contribution in [1.29, 1.82) is 0 Å². The second kappa shape index (κ2) is 11.3. The summed E-state index contributed by atoms with van der Waals surface area (Å²) in [7, 11) is 0. The van der Waals surface area contributed by atoms with E-state index in [0.29, 0.717) is 23.9 Å². The molecule has 5 aromatic carbocycles. The Morgan fingerprint density at radius 1 is 0.458 bits per heavy atom. The average molecular weight is 625 g/mol. The zero-order valence-electron chi connectivity index (χ0n) is 27.3. The van der Waals surface area contributed by atoms with Crippen LogP contribution in [0.15, 0.2) is 121 Å². The lowest BCUT2D eigenvalue weighted by molar-refractivity contribution is 0.402. The molecule has 0 saturated heterocycles. The summed E-state index contributed by atoms with van der Waals surface area (Å²) in [6, 6.07) is 45.8. The Bertz CT molecular complexity index is 2140. The van der Waals surface area contributed by atoms with E-state index < -0.39 is 0 Å². The third-order valence-corrected chi connectivity index (χ3v) is 11.7. The molecule has 48 heavy (non-hydrogen) atoms. The predicted molar refractivity (Wildman–Crippen MR) is 198 cm³/mol. The summed E-state index contributed by atoms with van der Waals surface area (Å²) >= 11 is 0. The molecular weight excluding hydrogens is 585 g/mol. The van der Waals surface area contributed by atoms with Crippen LogP contribution in [0.4, 0.5) is 22.7 Å². The van der Waals surface area contributed by atoms with Crippen LogP contribution in [0.3, 0.4) is 0 Å². The van der Waals surface area contributed by atoms with Crippen LogP contribution < -0.4 is 9.80 Å². The molecule has 0 N–H and O–H groups in total. The fourth-order valence-electron chi connectivity index (χ4n) is 9.60. The highest BCUT2D eigenvalue weighted by atomic mass is 15.2. The van der Waals surface area contributed by atoms with Gasteiger partial charge in [-0.15, -0.1) is 0 Å². The third-order valence-electron chi connectivity index (χ3n) is 11.7. The molecule has 2 aliphatic carbocycles. The van der Waals surface area contributed by atoms with Crippen molar-refractivity contribution in [3.63, 3.8) is 0 Å². The highest BCUT2D eigenvalue weighted by Crippen LogP contribution is 2.52. The van der Waals surface area contributed by atoms with E-state index in [1.54, 1.807) is 0 Å². The highest BCUT2D eigenvalue weighted by Gasteiger charge is 2.41. The summed E-state index contributed by atoms with van der Waals surface area (Å²) in [5, 5.41) is 1.08. The number of hydrogen-bond donors (Lipinski definition) is 0. The normalized spacial score (nSPS) is 22.7. The lowest BCUT2D eigenvalue weighted by Gasteiger charge is -2.33. The molecule has 6 aromatic rings. The standard InChI is InChI=1S/C44H40N4/c1-6-16-38-37(15-1)43(29-21-25-31(26-22-29)47-39-17-7-2-11-33(39)34-12-3-8-18-40(34)47)46-44(45-38)30-23-27-32(28-24-30)48-41-19-9-4-13-35(41)36-14-5-10-20-42(36)48/h1-2,4,6-7,9,11,13,15-17,19,21-28,34,36,40,42H,3,5,8,10,12,14,18,20H2. The topological polar surface area (TPSA) is 32.3 Å². The number of para-hydroxylation sites is 3. The molecule has 4 heteroatoms. The minimum absolute atomic E-state index is 0.548. The summed E-state index contributed by atoms with van der Waals surface area (Å²) in [6.07, 6.45) is 10.4. The van der Waals surface area contributed by atoms with Crippen molar-refractivity contribution in [3.05, 3.63) is 132 Å². The van der Waals surface area contributed by atoms with Crippen molar-refractivity contribution >= 4 is 33.7 Å². The lowest BCUT2D eigenvalue weighted by Crippen LogP contribution is -2.32. The number of benzene rings is 5. The van der Waals surface area contributed by atoms with Gasteiger partial charge in [0.05, 0.1) is 11.2 Å². The van der Waals surface area contributed by atoms with E-state index in [1.807, 2.05) is 0 Å². The Hall–Kier alpha value is -4.96. The molecule has 2 fully saturated rings. The van der Waals surface area contributed by atoms with Gasteiger partial charge in [0, 0.05) is 63.2 Å². The van der Waals surface area contributed by atoms with Gasteiger partial charge in [0.2, 0.25) is 0 Å². The number of nitrogens with zero attached hydrogens (tertiary/aromatic N) is 4. The van der Waals surface area contributed by atoms with Crippen LogP contribution in [-0.4, -0.2) is 22.1 Å². The molecule has 3 heterocycles. The lowest BCUT2D eigenvalue weighted by atomic mass is 9.82. The highest BCUT2D eigenvalue weighted by molar-refractivity contribution is 5.94. The molecule has 4 unspecified atom stereocenters. The zero-order chi connectivity index (χ0) is 31.6. The van der Waals surface area contributed by atoms with Crippen LogP contribution in [0.25, 0.3) is 33.5 Å². The second-order valence-electron chi connectivity index (χ2n) is 14.3. The van der Waals surface area contributed by atoms with Gasteiger partial charge in [-0.05, 0) is 91.4 Å². The van der Waals surface area contributed by atoms with Gasteiger partial charge in [-0.3, -0.25) is 0 Å². The molecule has 2 aliphatic heterocycles. The van der Waals surface area contributed by atoms with Crippen LogP contribution in [0.1, 0.15) is 74.3 Å². The smallest absolute Gasteiger partial charge is 0.160 e. The fourth-order valence-corrected chi connectivity index (χ4v) is 9.60. The minimum atomic E-state index is 0.548. The number of rotatable bonds is 4. The van der Waals surface area contributed by atoms with E-state index in [-0.39, 0.29) is 0 Å². The molecule has 2 saturated carbocycles. The van der Waals surface area contributed by atoms with Crippen molar-refractivity contribution in [3.8, 4) is 22.6 Å². The Labute approximate surface area is 283 Å². The van der Waals surface area contributed by atoms with Crippen molar-refractivity contribution in [2.75, 3.05) is 9.80 Å². The molecule has 1 aromatic heterocycles. The molecule has 0 amide bonds. The van der Waals surface area contributed by atoms with Gasteiger partial charge < -0.3 is 9.80 Å². The minimum Gasteiger partial charge on any atom is -0.338 e. The Morgan fingerprint density at radius 2 is 0.958 bits per heavy atom. The van der Waals surface area contributed by atoms with E-state index >= 15 is 0 Å². The van der Waals surface area contributed by atoms with E-state index in [1.165, 1.54) is 85.2 Å². The van der Waals surface area contributed by atoms with Gasteiger partial charge in [-0.2, -0.15) is 0 Å². The fraction of sp³-hybridized carbons (Fsp3) is 0.273. The van der Waals surface area contributed by atoms with Crippen LogP contribution in [0, 0.1) is 0 Å². The van der Waals surface area contributed by atoms with E-state index in [2.05, 4.69) is 131 Å². The second-order valence-corrected chi connectivity index (χ2v) is 14.3. The van der Waals surface area contributed by atoms with Gasteiger partial charge >= 0.3 is 0 Å². The number of fused-ring (bicyclic) bond motifs is 7. The maximum atomic E-state index is 5.26.